The molecule has 0 amide bonds. The van der Waals surface area contributed by atoms with E-state index < -0.39 is 0 Å². The van der Waals surface area contributed by atoms with Crippen molar-refractivity contribution in [2.45, 2.75) is 64.7 Å². The zero-order chi connectivity index (χ0) is 11.4. The highest BCUT2D eigenvalue weighted by molar-refractivity contribution is 5.62. The second-order valence-electron chi connectivity index (χ2n) is 4.07. The topological polar surface area (TPSA) is 34.1 Å². The van der Waals surface area contributed by atoms with Crippen molar-refractivity contribution >= 4 is 12.6 Å². The third kappa shape index (κ3) is 9.64. The Bertz CT molecular complexity index is 155. The molecule has 0 spiro atoms. The van der Waals surface area contributed by atoms with Gasteiger partial charge in [0.15, 0.2) is 6.29 Å². The molecule has 0 saturated heterocycles. The summed E-state index contributed by atoms with van der Waals surface area (Å²) in [5.74, 6) is -0.210. The second kappa shape index (κ2) is 11.4. The minimum absolute atomic E-state index is 0.210. The summed E-state index contributed by atoms with van der Waals surface area (Å²) in [6.45, 7) is 2.21. The normalized spacial score (nSPS) is 12.3. The Morgan fingerprint density at radius 2 is 1.53 bits per heavy atom. The summed E-state index contributed by atoms with van der Waals surface area (Å²) in [7, 11) is 0. The van der Waals surface area contributed by atoms with Crippen LogP contribution in [0.5, 0.6) is 0 Å². The summed E-state index contributed by atoms with van der Waals surface area (Å²) in [6.07, 6.45) is 13.4. The molecule has 0 aromatic heterocycles. The number of hydrogen-bond acceptors (Lipinski definition) is 2. The van der Waals surface area contributed by atoms with E-state index in [0.717, 1.165) is 12.8 Å². The smallest absolute Gasteiger partial charge is 0.202 e. The summed E-state index contributed by atoms with van der Waals surface area (Å²) < 4.78 is 0. The van der Waals surface area contributed by atoms with Crippen molar-refractivity contribution in [1.82, 2.24) is 0 Å². The maximum atomic E-state index is 10.4. The minimum atomic E-state index is -0.210. The highest BCUT2D eigenvalue weighted by Gasteiger charge is 2.07. The fraction of sp³-hybridized carbons (Fsp3) is 0.846. The van der Waals surface area contributed by atoms with Crippen molar-refractivity contribution in [3.63, 3.8) is 0 Å². The van der Waals surface area contributed by atoms with Crippen molar-refractivity contribution in [2.75, 3.05) is 0 Å². The van der Waals surface area contributed by atoms with Gasteiger partial charge in [0.05, 0.1) is 0 Å². The lowest BCUT2D eigenvalue weighted by molar-refractivity contribution is 0.479. The van der Waals surface area contributed by atoms with Crippen LogP contribution in [0.2, 0.25) is 0 Å². The van der Waals surface area contributed by atoms with Crippen LogP contribution in [0.1, 0.15) is 64.7 Å². The molecule has 1 atom stereocenters. The molecule has 0 aromatic carbocycles. The number of rotatable bonds is 11. The van der Waals surface area contributed by atoms with Gasteiger partial charge in [-0.15, -0.1) is 0 Å². The summed E-state index contributed by atoms with van der Waals surface area (Å²) in [5.41, 5.74) is 0. The average molecular weight is 210 g/mol. The van der Waals surface area contributed by atoms with Gasteiger partial charge in [0.1, 0.15) is 0 Å². The Labute approximate surface area is 93.4 Å². The van der Waals surface area contributed by atoms with Gasteiger partial charge in [-0.05, 0) is 6.42 Å². The standard InChI is InChI=1S/C13H22O2/c1-2-3-4-5-6-7-8-9-13(12-15)10-11-14/h13H,2-10H2,1H3/t13-/m1/s1. The highest BCUT2D eigenvalue weighted by atomic mass is 16.1. The Hall–Kier alpha value is -0.660. The summed E-state index contributed by atoms with van der Waals surface area (Å²) in [5, 5.41) is 0. The van der Waals surface area contributed by atoms with Crippen molar-refractivity contribution in [1.29, 1.82) is 0 Å². The number of carbonyl (C=O) groups excluding carboxylic acids is 2. The van der Waals surface area contributed by atoms with E-state index in [1.807, 2.05) is 6.29 Å². The number of unbranched alkanes of at least 4 members (excludes halogenated alkanes) is 6. The van der Waals surface area contributed by atoms with Crippen molar-refractivity contribution in [3.05, 3.63) is 0 Å². The molecule has 0 unspecified atom stereocenters. The van der Waals surface area contributed by atoms with E-state index in [-0.39, 0.29) is 12.3 Å². The van der Waals surface area contributed by atoms with E-state index in [4.69, 9.17) is 0 Å². The van der Waals surface area contributed by atoms with Gasteiger partial charge < -0.3 is 0 Å². The molecule has 86 valence electrons. The SMILES string of the molecule is CCCCCCCCC[C@@H]([C]=O)C[C]=O. The lowest BCUT2D eigenvalue weighted by atomic mass is 9.99. The van der Waals surface area contributed by atoms with Crippen LogP contribution in [0.15, 0.2) is 0 Å². The minimum Gasteiger partial charge on any atom is -0.291 e. The van der Waals surface area contributed by atoms with Crippen LogP contribution < -0.4 is 0 Å². The van der Waals surface area contributed by atoms with Crippen LogP contribution >= 0.6 is 0 Å². The lowest BCUT2D eigenvalue weighted by Crippen LogP contribution is -2.02. The van der Waals surface area contributed by atoms with E-state index in [2.05, 4.69) is 6.92 Å². The molecular formula is C13H22O2. The quantitative estimate of drug-likeness (QED) is 0.490. The zero-order valence-corrected chi connectivity index (χ0v) is 9.76. The Morgan fingerprint density at radius 3 is 2.07 bits per heavy atom. The molecule has 2 nitrogen and oxygen atoms in total. The molecule has 0 aliphatic carbocycles. The first-order valence-corrected chi connectivity index (χ1v) is 6.07. The molecule has 2 heteroatoms. The van der Waals surface area contributed by atoms with Gasteiger partial charge in [-0.2, -0.15) is 0 Å². The van der Waals surface area contributed by atoms with Gasteiger partial charge in [0.25, 0.3) is 0 Å². The Kier molecular flexibility index (Phi) is 10.9. The molecule has 0 bridgehead atoms. The van der Waals surface area contributed by atoms with Gasteiger partial charge in [-0.1, -0.05) is 51.9 Å². The van der Waals surface area contributed by atoms with Gasteiger partial charge in [0, 0.05) is 12.3 Å². The predicted octanol–water partition coefficient (Wildman–Crippen LogP) is 3.35. The molecular weight excluding hydrogens is 188 g/mol. The van der Waals surface area contributed by atoms with Crippen LogP contribution in [0.3, 0.4) is 0 Å². The maximum absolute atomic E-state index is 10.4. The molecule has 0 aliphatic rings. The van der Waals surface area contributed by atoms with Crippen LogP contribution in [0.4, 0.5) is 0 Å². The summed E-state index contributed by atoms with van der Waals surface area (Å²) >= 11 is 0. The molecule has 0 heterocycles. The maximum Gasteiger partial charge on any atom is 0.202 e. The van der Waals surface area contributed by atoms with Gasteiger partial charge >= 0.3 is 0 Å². The van der Waals surface area contributed by atoms with E-state index in [1.54, 1.807) is 6.29 Å². The molecule has 0 saturated carbocycles. The molecule has 0 N–H and O–H groups in total. The summed E-state index contributed by atoms with van der Waals surface area (Å²) in [4.78, 5) is 20.5. The fourth-order valence-corrected chi connectivity index (χ4v) is 1.65. The monoisotopic (exact) mass is 210 g/mol. The van der Waals surface area contributed by atoms with Crippen LogP contribution in [-0.2, 0) is 9.59 Å². The number of hydrogen-bond donors (Lipinski definition) is 0. The molecule has 15 heavy (non-hydrogen) atoms. The van der Waals surface area contributed by atoms with Gasteiger partial charge in [0.2, 0.25) is 6.29 Å². The van der Waals surface area contributed by atoms with Gasteiger partial charge in [-0.3, -0.25) is 9.59 Å². The lowest BCUT2D eigenvalue weighted by Gasteiger charge is -2.04. The predicted molar refractivity (Wildman–Crippen MR) is 62.1 cm³/mol. The van der Waals surface area contributed by atoms with Gasteiger partial charge in [-0.25, -0.2) is 0 Å². The largest absolute Gasteiger partial charge is 0.291 e. The Balaban J connectivity index is 3.21. The first-order chi connectivity index (χ1) is 7.35. The molecule has 2 radical (unpaired) electrons. The molecule has 0 rings (SSSR count). The van der Waals surface area contributed by atoms with E-state index in [9.17, 15) is 9.59 Å². The van der Waals surface area contributed by atoms with Crippen LogP contribution in [-0.4, -0.2) is 12.6 Å². The third-order valence-electron chi connectivity index (χ3n) is 2.65. The average Bonchev–Trinajstić information content (AvgIpc) is 2.26. The zero-order valence-electron chi connectivity index (χ0n) is 9.76. The van der Waals surface area contributed by atoms with E-state index >= 15 is 0 Å². The second-order valence-corrected chi connectivity index (χ2v) is 4.07. The van der Waals surface area contributed by atoms with Crippen molar-refractivity contribution < 1.29 is 9.59 Å². The molecule has 0 aliphatic heterocycles. The van der Waals surface area contributed by atoms with Crippen LogP contribution in [0, 0.1) is 5.92 Å². The highest BCUT2D eigenvalue weighted by Crippen LogP contribution is 2.13. The Morgan fingerprint density at radius 1 is 0.933 bits per heavy atom. The molecule has 0 aromatic rings. The first kappa shape index (κ1) is 14.3. The molecule has 0 fully saturated rings. The van der Waals surface area contributed by atoms with Crippen molar-refractivity contribution in [2.24, 2.45) is 5.92 Å². The van der Waals surface area contributed by atoms with E-state index in [0.29, 0.717) is 0 Å². The van der Waals surface area contributed by atoms with E-state index in [1.165, 1.54) is 38.5 Å². The summed E-state index contributed by atoms with van der Waals surface area (Å²) in [6, 6.07) is 0. The first-order valence-electron chi connectivity index (χ1n) is 6.07. The fourth-order valence-electron chi connectivity index (χ4n) is 1.65. The third-order valence-corrected chi connectivity index (χ3v) is 2.65. The van der Waals surface area contributed by atoms with Crippen molar-refractivity contribution in [3.8, 4) is 0 Å². The van der Waals surface area contributed by atoms with Crippen LogP contribution in [0.25, 0.3) is 0 Å².